The topological polar surface area (TPSA) is 73.6 Å². The van der Waals surface area contributed by atoms with Gasteiger partial charge in [-0.05, 0) is 41.8 Å². The maximum absolute atomic E-state index is 12.5. The van der Waals surface area contributed by atoms with Crippen molar-refractivity contribution in [1.82, 2.24) is 4.90 Å². The summed E-state index contributed by atoms with van der Waals surface area (Å²) in [5.41, 5.74) is 2.55. The standard InChI is InChI=1S/C20H20N2O3/c21-13-16-2-1-3-17(12-16)19-14-22(10-11-25-19)20(24)9-6-15-4-7-18(23)8-5-15/h1-5,7-8,12,19,23H,6,9-11,14H2/t19-/m0/s1. The summed E-state index contributed by atoms with van der Waals surface area (Å²) < 4.78 is 5.79. The molecule has 0 radical (unpaired) electrons. The number of morpholine rings is 1. The first-order chi connectivity index (χ1) is 12.2. The molecule has 1 aliphatic rings. The van der Waals surface area contributed by atoms with E-state index in [-0.39, 0.29) is 17.8 Å². The van der Waals surface area contributed by atoms with E-state index in [0.717, 1.165) is 11.1 Å². The molecular weight excluding hydrogens is 316 g/mol. The largest absolute Gasteiger partial charge is 0.508 e. The highest BCUT2D eigenvalue weighted by Gasteiger charge is 2.25. The molecule has 1 amide bonds. The van der Waals surface area contributed by atoms with Crippen LogP contribution in [0, 0.1) is 11.3 Å². The molecule has 1 N–H and O–H groups in total. The molecule has 2 aromatic rings. The Balaban J connectivity index is 1.59. The quantitative estimate of drug-likeness (QED) is 0.932. The highest BCUT2D eigenvalue weighted by atomic mass is 16.5. The van der Waals surface area contributed by atoms with Crippen molar-refractivity contribution in [3.63, 3.8) is 0 Å². The number of nitriles is 1. The molecule has 0 aromatic heterocycles. The van der Waals surface area contributed by atoms with Gasteiger partial charge in [-0.3, -0.25) is 4.79 Å². The lowest BCUT2D eigenvalue weighted by atomic mass is 10.0. The summed E-state index contributed by atoms with van der Waals surface area (Å²) in [5, 5.41) is 18.3. The van der Waals surface area contributed by atoms with Gasteiger partial charge in [0.15, 0.2) is 0 Å². The maximum atomic E-state index is 12.5. The fourth-order valence-electron chi connectivity index (χ4n) is 2.96. The number of aryl methyl sites for hydroxylation is 1. The van der Waals surface area contributed by atoms with Crippen LogP contribution in [0.25, 0.3) is 0 Å². The van der Waals surface area contributed by atoms with E-state index in [1.165, 1.54) is 0 Å². The number of rotatable bonds is 4. The summed E-state index contributed by atoms with van der Waals surface area (Å²) >= 11 is 0. The van der Waals surface area contributed by atoms with Gasteiger partial charge in [0, 0.05) is 13.0 Å². The van der Waals surface area contributed by atoms with Gasteiger partial charge < -0.3 is 14.7 Å². The number of carbonyl (C=O) groups is 1. The Hall–Kier alpha value is -2.84. The first kappa shape index (κ1) is 17.0. The van der Waals surface area contributed by atoms with Crippen LogP contribution in [-0.2, 0) is 16.0 Å². The maximum Gasteiger partial charge on any atom is 0.223 e. The van der Waals surface area contributed by atoms with Crippen molar-refractivity contribution in [3.8, 4) is 11.8 Å². The van der Waals surface area contributed by atoms with Gasteiger partial charge in [0.25, 0.3) is 0 Å². The first-order valence-corrected chi connectivity index (χ1v) is 8.33. The van der Waals surface area contributed by atoms with Crippen LogP contribution in [0.5, 0.6) is 5.75 Å². The van der Waals surface area contributed by atoms with Crippen molar-refractivity contribution >= 4 is 5.91 Å². The van der Waals surface area contributed by atoms with E-state index in [1.54, 1.807) is 18.2 Å². The third-order valence-corrected chi connectivity index (χ3v) is 4.37. The molecule has 25 heavy (non-hydrogen) atoms. The molecule has 1 saturated heterocycles. The van der Waals surface area contributed by atoms with Gasteiger partial charge in [0.2, 0.25) is 5.91 Å². The van der Waals surface area contributed by atoms with E-state index in [4.69, 9.17) is 10.00 Å². The second-order valence-corrected chi connectivity index (χ2v) is 6.10. The summed E-state index contributed by atoms with van der Waals surface area (Å²) in [6.45, 7) is 1.58. The molecule has 5 nitrogen and oxygen atoms in total. The molecule has 1 atom stereocenters. The van der Waals surface area contributed by atoms with Gasteiger partial charge in [-0.25, -0.2) is 0 Å². The molecule has 0 saturated carbocycles. The number of hydrogen-bond donors (Lipinski definition) is 1. The van der Waals surface area contributed by atoms with Gasteiger partial charge in [0.1, 0.15) is 11.9 Å². The van der Waals surface area contributed by atoms with Gasteiger partial charge >= 0.3 is 0 Å². The Morgan fingerprint density at radius 1 is 1.28 bits per heavy atom. The Labute approximate surface area is 147 Å². The smallest absolute Gasteiger partial charge is 0.223 e. The minimum atomic E-state index is -0.195. The van der Waals surface area contributed by atoms with Crippen LogP contribution in [0.3, 0.4) is 0 Å². The minimum Gasteiger partial charge on any atom is -0.508 e. The monoisotopic (exact) mass is 336 g/mol. The minimum absolute atomic E-state index is 0.0952. The second-order valence-electron chi connectivity index (χ2n) is 6.10. The lowest BCUT2D eigenvalue weighted by Gasteiger charge is -2.33. The molecule has 0 bridgehead atoms. The number of phenolic OH excluding ortho intramolecular Hbond substituents is 1. The predicted octanol–water partition coefficient (Wildman–Crippen LogP) is 2.80. The van der Waals surface area contributed by atoms with Gasteiger partial charge in [-0.15, -0.1) is 0 Å². The molecule has 0 spiro atoms. The third-order valence-electron chi connectivity index (χ3n) is 4.37. The molecule has 3 rings (SSSR count). The number of nitrogens with zero attached hydrogens (tertiary/aromatic N) is 2. The SMILES string of the molecule is N#Cc1cccc([C@@H]2CN(C(=O)CCc3ccc(O)cc3)CCO2)c1. The van der Waals surface area contributed by atoms with Crippen molar-refractivity contribution < 1.29 is 14.6 Å². The summed E-state index contributed by atoms with van der Waals surface area (Å²) in [6.07, 6.45) is 0.875. The molecule has 0 unspecified atom stereocenters. The van der Waals surface area contributed by atoms with Crippen molar-refractivity contribution in [2.75, 3.05) is 19.7 Å². The summed E-state index contributed by atoms with van der Waals surface area (Å²) in [6, 6.07) is 16.4. The normalized spacial score (nSPS) is 17.1. The van der Waals surface area contributed by atoms with Crippen LogP contribution < -0.4 is 0 Å². The average Bonchev–Trinajstić information content (AvgIpc) is 2.67. The number of benzene rings is 2. The lowest BCUT2D eigenvalue weighted by molar-refractivity contribution is -0.139. The molecule has 0 aliphatic carbocycles. The van der Waals surface area contributed by atoms with E-state index in [1.807, 2.05) is 35.2 Å². The van der Waals surface area contributed by atoms with Crippen LogP contribution in [-0.4, -0.2) is 35.6 Å². The number of carbonyl (C=O) groups excluding carboxylic acids is 1. The third kappa shape index (κ3) is 4.37. The van der Waals surface area contributed by atoms with Crippen LogP contribution in [0.2, 0.25) is 0 Å². The molecular formula is C20H20N2O3. The summed E-state index contributed by atoms with van der Waals surface area (Å²) in [5.74, 6) is 0.323. The van der Waals surface area contributed by atoms with Crippen LogP contribution in [0.1, 0.15) is 29.2 Å². The van der Waals surface area contributed by atoms with E-state index in [2.05, 4.69) is 6.07 Å². The van der Waals surface area contributed by atoms with Gasteiger partial charge in [-0.2, -0.15) is 5.26 Å². The van der Waals surface area contributed by atoms with E-state index < -0.39 is 0 Å². The van der Waals surface area contributed by atoms with E-state index in [0.29, 0.717) is 38.1 Å². The summed E-state index contributed by atoms with van der Waals surface area (Å²) in [4.78, 5) is 14.3. The Kier molecular flexibility index (Phi) is 5.32. The Morgan fingerprint density at radius 2 is 2.08 bits per heavy atom. The number of aromatic hydroxyl groups is 1. The van der Waals surface area contributed by atoms with Crippen molar-refractivity contribution in [2.45, 2.75) is 18.9 Å². The molecule has 1 aliphatic heterocycles. The molecule has 1 fully saturated rings. The number of ether oxygens (including phenoxy) is 1. The molecule has 5 heteroatoms. The highest BCUT2D eigenvalue weighted by Crippen LogP contribution is 2.23. The van der Waals surface area contributed by atoms with Crippen molar-refractivity contribution in [3.05, 3.63) is 65.2 Å². The van der Waals surface area contributed by atoms with Crippen LogP contribution in [0.15, 0.2) is 48.5 Å². The average molecular weight is 336 g/mol. The zero-order valence-electron chi connectivity index (χ0n) is 13.9. The fraction of sp³-hybridized carbons (Fsp3) is 0.300. The Bertz CT molecular complexity index is 780. The number of amides is 1. The lowest BCUT2D eigenvalue weighted by Crippen LogP contribution is -2.42. The number of hydrogen-bond acceptors (Lipinski definition) is 4. The summed E-state index contributed by atoms with van der Waals surface area (Å²) in [7, 11) is 0. The van der Waals surface area contributed by atoms with E-state index in [9.17, 15) is 9.90 Å². The number of phenols is 1. The van der Waals surface area contributed by atoms with Gasteiger partial charge in [0.05, 0.1) is 24.8 Å². The van der Waals surface area contributed by atoms with Crippen molar-refractivity contribution in [2.24, 2.45) is 0 Å². The molecule has 128 valence electrons. The second kappa shape index (κ2) is 7.82. The highest BCUT2D eigenvalue weighted by molar-refractivity contribution is 5.76. The van der Waals surface area contributed by atoms with Crippen molar-refractivity contribution in [1.29, 1.82) is 5.26 Å². The first-order valence-electron chi connectivity index (χ1n) is 8.33. The zero-order chi connectivity index (χ0) is 17.6. The molecule has 2 aromatic carbocycles. The fourth-order valence-corrected chi connectivity index (χ4v) is 2.96. The zero-order valence-corrected chi connectivity index (χ0v) is 13.9. The predicted molar refractivity (Wildman–Crippen MR) is 92.9 cm³/mol. The molecule has 1 heterocycles. The van der Waals surface area contributed by atoms with Crippen LogP contribution >= 0.6 is 0 Å². The van der Waals surface area contributed by atoms with E-state index >= 15 is 0 Å². The van der Waals surface area contributed by atoms with Crippen LogP contribution in [0.4, 0.5) is 0 Å². The Morgan fingerprint density at radius 3 is 2.84 bits per heavy atom. The van der Waals surface area contributed by atoms with Gasteiger partial charge in [-0.1, -0.05) is 24.3 Å².